The molecule has 0 aliphatic carbocycles. The molecule has 5 heteroatoms. The number of hydrogen-bond donors (Lipinski definition) is 0. The fourth-order valence-electron chi connectivity index (χ4n) is 10.7. The summed E-state index contributed by atoms with van der Waals surface area (Å²) in [5.74, 6) is 6.62. The SMILES string of the molecule is CCC(C)CCCC(C)CCC(C(C)COP(=O)(OCC(C)C(CCC(C)CCCC(C)CC)C(C)(C)C)OCC(C)C(CCC(C)CCCC(C)CC)C(C)(C)C)C(C)(C)C. The van der Waals surface area contributed by atoms with Crippen molar-refractivity contribution in [3.63, 3.8) is 0 Å². The van der Waals surface area contributed by atoms with Crippen molar-refractivity contribution < 1.29 is 18.1 Å². The predicted molar refractivity (Wildman–Crippen MR) is 277 cm³/mol. The van der Waals surface area contributed by atoms with E-state index in [1.54, 1.807) is 0 Å². The molecule has 0 radical (unpaired) electrons. The molecule has 0 bridgehead atoms. The van der Waals surface area contributed by atoms with E-state index in [4.69, 9.17) is 13.6 Å². The lowest BCUT2D eigenvalue weighted by atomic mass is 9.70. The van der Waals surface area contributed by atoms with Crippen molar-refractivity contribution in [2.24, 2.45) is 87.3 Å². The van der Waals surface area contributed by atoms with Gasteiger partial charge in [-0.2, -0.15) is 0 Å². The van der Waals surface area contributed by atoms with Crippen LogP contribution in [-0.4, -0.2) is 19.8 Å². The van der Waals surface area contributed by atoms with Crippen LogP contribution in [0.15, 0.2) is 0 Å². The van der Waals surface area contributed by atoms with Gasteiger partial charge in [0.15, 0.2) is 0 Å². The Labute approximate surface area is 392 Å². The molecule has 4 nitrogen and oxygen atoms in total. The summed E-state index contributed by atoms with van der Waals surface area (Å²) in [4.78, 5) is 0. The first-order valence-corrected chi connectivity index (χ1v) is 28.6. The molecular weight excluding hydrogens is 780 g/mol. The third-order valence-electron chi connectivity index (χ3n) is 16.1. The van der Waals surface area contributed by atoms with Crippen molar-refractivity contribution in [2.45, 2.75) is 261 Å². The highest BCUT2D eigenvalue weighted by Gasteiger charge is 2.38. The molecule has 0 heterocycles. The molecule has 0 fully saturated rings. The van der Waals surface area contributed by atoms with Crippen LogP contribution >= 0.6 is 7.82 Å². The van der Waals surface area contributed by atoms with Crippen LogP contribution in [0, 0.1) is 87.3 Å². The van der Waals surface area contributed by atoms with E-state index in [0.29, 0.717) is 55.3 Å². The van der Waals surface area contributed by atoms with Crippen LogP contribution in [0.2, 0.25) is 0 Å². The summed E-state index contributed by atoms with van der Waals surface area (Å²) in [6.45, 7) is 50.8. The van der Waals surface area contributed by atoms with Crippen LogP contribution in [0.3, 0.4) is 0 Å². The first kappa shape index (κ1) is 62.1. The van der Waals surface area contributed by atoms with Gasteiger partial charge in [-0.3, -0.25) is 13.6 Å². The van der Waals surface area contributed by atoms with Crippen LogP contribution in [-0.2, 0) is 18.1 Å². The molecule has 12 atom stereocenters. The molecule has 0 aromatic carbocycles. The average molecular weight is 898 g/mol. The highest BCUT2D eigenvalue weighted by atomic mass is 31.2. The van der Waals surface area contributed by atoms with E-state index in [-0.39, 0.29) is 34.0 Å². The summed E-state index contributed by atoms with van der Waals surface area (Å²) in [7, 11) is -3.85. The summed E-state index contributed by atoms with van der Waals surface area (Å²) in [5, 5.41) is 0. The van der Waals surface area contributed by atoms with Gasteiger partial charge in [0.05, 0.1) is 19.8 Å². The fourth-order valence-corrected chi connectivity index (χ4v) is 12.2. The Hall–Kier alpha value is 0.110. The van der Waals surface area contributed by atoms with Gasteiger partial charge in [-0.1, -0.05) is 242 Å². The lowest BCUT2D eigenvalue weighted by Gasteiger charge is -2.38. The van der Waals surface area contributed by atoms with E-state index in [2.05, 4.69) is 145 Å². The van der Waals surface area contributed by atoms with Crippen LogP contribution in [0.1, 0.15) is 261 Å². The van der Waals surface area contributed by atoms with E-state index in [9.17, 15) is 0 Å². The second kappa shape index (κ2) is 31.2. The topological polar surface area (TPSA) is 44.8 Å². The first-order valence-electron chi connectivity index (χ1n) is 27.1. The van der Waals surface area contributed by atoms with Gasteiger partial charge >= 0.3 is 7.82 Å². The standard InChI is InChI=1S/C57H117O4P/c1-22-43(4)28-25-31-46(7)34-37-52(55(13,14)15)49(10)40-59-62(58,60-41-50(11)53(56(16,17)18)38-35-47(8)32-26-29-44(5)23-2)61-42-51(12)54(57(19,20)21)39-36-48(9)33-27-30-45(6)24-3/h43-54H,22-42H2,1-21H3. The van der Waals surface area contributed by atoms with E-state index >= 15 is 4.57 Å². The lowest BCUT2D eigenvalue weighted by Crippen LogP contribution is -2.32. The molecule has 0 N–H and O–H groups in total. The maximum absolute atomic E-state index is 15.1. The van der Waals surface area contributed by atoms with Crippen molar-refractivity contribution in [2.75, 3.05) is 19.8 Å². The molecule has 0 saturated heterocycles. The van der Waals surface area contributed by atoms with Crippen LogP contribution in [0.4, 0.5) is 0 Å². The van der Waals surface area contributed by atoms with Crippen molar-refractivity contribution >= 4 is 7.82 Å². The highest BCUT2D eigenvalue weighted by molar-refractivity contribution is 7.48. The summed E-state index contributed by atoms with van der Waals surface area (Å²) in [6.07, 6.45) is 22.9. The van der Waals surface area contributed by atoms with Crippen molar-refractivity contribution in [3.8, 4) is 0 Å². The Morgan fingerprint density at radius 3 is 0.742 bits per heavy atom. The number of phosphoric acid groups is 1. The predicted octanol–water partition coefficient (Wildman–Crippen LogP) is 19.9. The minimum absolute atomic E-state index is 0.116. The Bertz CT molecular complexity index is 993. The monoisotopic (exact) mass is 897 g/mol. The minimum atomic E-state index is -3.85. The summed E-state index contributed by atoms with van der Waals surface area (Å²) >= 11 is 0. The van der Waals surface area contributed by atoms with E-state index in [1.165, 1.54) is 96.3 Å². The summed E-state index contributed by atoms with van der Waals surface area (Å²) in [5.41, 5.74) is 0.347. The maximum atomic E-state index is 15.1. The smallest absolute Gasteiger partial charge is 0.287 e. The zero-order valence-corrected chi connectivity index (χ0v) is 47.3. The van der Waals surface area contributed by atoms with Crippen molar-refractivity contribution in [1.29, 1.82) is 0 Å². The molecule has 0 aliphatic heterocycles. The largest absolute Gasteiger partial charge is 0.474 e. The Kier molecular flexibility index (Phi) is 31.3. The highest BCUT2D eigenvalue weighted by Crippen LogP contribution is 2.53. The van der Waals surface area contributed by atoms with Gasteiger partial charge in [0.2, 0.25) is 0 Å². The van der Waals surface area contributed by atoms with Gasteiger partial charge in [0.1, 0.15) is 0 Å². The Morgan fingerprint density at radius 1 is 0.339 bits per heavy atom. The van der Waals surface area contributed by atoms with E-state index in [1.807, 2.05) is 0 Å². The molecule has 0 saturated carbocycles. The molecule has 12 unspecified atom stereocenters. The second-order valence-corrected chi connectivity index (χ2v) is 27.2. The van der Waals surface area contributed by atoms with Gasteiger partial charge in [-0.05, 0) is 107 Å². The number of hydrogen-bond acceptors (Lipinski definition) is 4. The van der Waals surface area contributed by atoms with Gasteiger partial charge in [0.25, 0.3) is 0 Å². The van der Waals surface area contributed by atoms with Gasteiger partial charge < -0.3 is 0 Å². The number of rotatable bonds is 36. The Morgan fingerprint density at radius 2 is 0.548 bits per heavy atom. The van der Waals surface area contributed by atoms with Crippen LogP contribution in [0.25, 0.3) is 0 Å². The molecule has 0 spiro atoms. The zero-order valence-electron chi connectivity index (χ0n) is 46.4. The van der Waals surface area contributed by atoms with Crippen molar-refractivity contribution in [1.82, 2.24) is 0 Å². The summed E-state index contributed by atoms with van der Waals surface area (Å²) in [6, 6.07) is 0. The molecule has 374 valence electrons. The van der Waals surface area contributed by atoms with Crippen molar-refractivity contribution in [3.05, 3.63) is 0 Å². The number of phosphoric ester groups is 1. The van der Waals surface area contributed by atoms with Crippen LogP contribution < -0.4 is 0 Å². The second-order valence-electron chi connectivity index (χ2n) is 25.6. The van der Waals surface area contributed by atoms with Gasteiger partial charge in [0, 0.05) is 0 Å². The average Bonchev–Trinajstić information content (AvgIpc) is 3.16. The zero-order chi connectivity index (χ0) is 47.9. The first-order chi connectivity index (χ1) is 28.6. The van der Waals surface area contributed by atoms with Gasteiger partial charge in [-0.25, -0.2) is 4.57 Å². The molecule has 0 amide bonds. The van der Waals surface area contributed by atoms with Crippen LogP contribution in [0.5, 0.6) is 0 Å². The third-order valence-corrected chi connectivity index (χ3v) is 17.5. The molecule has 0 aliphatic rings. The molecule has 0 aromatic heterocycles. The summed E-state index contributed by atoms with van der Waals surface area (Å²) < 4.78 is 34.8. The van der Waals surface area contributed by atoms with E-state index in [0.717, 1.165) is 37.0 Å². The third kappa shape index (κ3) is 27.7. The quantitative estimate of drug-likeness (QED) is 0.0588. The van der Waals surface area contributed by atoms with Gasteiger partial charge in [-0.15, -0.1) is 0 Å². The molecule has 0 aromatic rings. The molecule has 0 rings (SSSR count). The fraction of sp³-hybridized carbons (Fsp3) is 1.00. The lowest BCUT2D eigenvalue weighted by molar-refractivity contribution is 0.0300. The van der Waals surface area contributed by atoms with E-state index < -0.39 is 7.82 Å². The normalized spacial score (nSPS) is 20.0. The molecule has 62 heavy (non-hydrogen) atoms. The minimum Gasteiger partial charge on any atom is -0.287 e. The maximum Gasteiger partial charge on any atom is 0.474 e. The molecular formula is C57H117O4P. The Balaban J connectivity index is 6.17.